The lowest BCUT2D eigenvalue weighted by Gasteiger charge is -1.99. The molecular weight excluding hydrogens is 260 g/mol. The highest BCUT2D eigenvalue weighted by molar-refractivity contribution is 7.09. The molecule has 2 heterocycles. The van der Waals surface area contributed by atoms with Gasteiger partial charge in [0.15, 0.2) is 0 Å². The van der Waals surface area contributed by atoms with Gasteiger partial charge in [-0.3, -0.25) is 9.48 Å². The molecule has 0 aliphatic rings. The molecule has 0 fully saturated rings. The second-order valence-corrected chi connectivity index (χ2v) is 5.25. The molecule has 0 spiro atoms. The van der Waals surface area contributed by atoms with E-state index in [-0.39, 0.29) is 5.91 Å². The van der Waals surface area contributed by atoms with E-state index in [9.17, 15) is 4.79 Å². The van der Waals surface area contributed by atoms with Crippen LogP contribution in [0.2, 0.25) is 0 Å². The SMILES string of the molecule is Cc1nc(/C=C/C(=O)NCCc2cnn(C)c2)cs1. The van der Waals surface area contributed by atoms with Crippen molar-refractivity contribution in [2.75, 3.05) is 6.54 Å². The van der Waals surface area contributed by atoms with Gasteiger partial charge in [0, 0.05) is 31.2 Å². The quantitative estimate of drug-likeness (QED) is 0.843. The number of hydrogen-bond donors (Lipinski definition) is 1. The number of thiazole rings is 1. The van der Waals surface area contributed by atoms with Gasteiger partial charge in [0.25, 0.3) is 0 Å². The lowest BCUT2D eigenvalue weighted by Crippen LogP contribution is -2.23. The van der Waals surface area contributed by atoms with Gasteiger partial charge >= 0.3 is 0 Å². The standard InChI is InChI=1S/C13H16N4OS/c1-10-16-12(9-19-10)3-4-13(18)14-6-5-11-7-15-17(2)8-11/h3-4,7-9H,5-6H2,1-2H3,(H,14,18)/b4-3+. The minimum absolute atomic E-state index is 0.102. The van der Waals surface area contributed by atoms with Gasteiger partial charge in [0.2, 0.25) is 5.91 Å². The van der Waals surface area contributed by atoms with E-state index in [2.05, 4.69) is 15.4 Å². The highest BCUT2D eigenvalue weighted by Crippen LogP contribution is 2.08. The second kappa shape index (κ2) is 6.29. The van der Waals surface area contributed by atoms with Crippen LogP contribution in [0, 0.1) is 6.92 Å². The van der Waals surface area contributed by atoms with Crippen molar-refractivity contribution in [3.05, 3.63) is 40.1 Å². The van der Waals surface area contributed by atoms with Gasteiger partial charge in [0.05, 0.1) is 16.9 Å². The van der Waals surface area contributed by atoms with Crippen molar-refractivity contribution >= 4 is 23.3 Å². The molecule has 0 radical (unpaired) electrons. The summed E-state index contributed by atoms with van der Waals surface area (Å²) in [4.78, 5) is 15.8. The van der Waals surface area contributed by atoms with Gasteiger partial charge in [-0.15, -0.1) is 11.3 Å². The molecule has 2 rings (SSSR count). The third-order valence-electron chi connectivity index (χ3n) is 2.51. The lowest BCUT2D eigenvalue weighted by molar-refractivity contribution is -0.116. The van der Waals surface area contributed by atoms with Crippen LogP contribution in [0.4, 0.5) is 0 Å². The zero-order valence-electron chi connectivity index (χ0n) is 11.0. The maximum atomic E-state index is 11.6. The van der Waals surface area contributed by atoms with Crippen LogP contribution < -0.4 is 5.32 Å². The molecule has 0 aromatic carbocycles. The minimum atomic E-state index is -0.102. The monoisotopic (exact) mass is 276 g/mol. The first-order valence-electron chi connectivity index (χ1n) is 5.99. The van der Waals surface area contributed by atoms with E-state index >= 15 is 0 Å². The van der Waals surface area contributed by atoms with E-state index in [4.69, 9.17) is 0 Å². The number of amides is 1. The fourth-order valence-electron chi connectivity index (χ4n) is 1.61. The molecule has 0 bridgehead atoms. The van der Waals surface area contributed by atoms with E-state index in [0.717, 1.165) is 22.7 Å². The number of carbonyl (C=O) groups is 1. The van der Waals surface area contributed by atoms with Crippen molar-refractivity contribution in [1.29, 1.82) is 0 Å². The molecule has 100 valence electrons. The van der Waals surface area contributed by atoms with Crippen LogP contribution in [0.1, 0.15) is 16.3 Å². The second-order valence-electron chi connectivity index (χ2n) is 4.19. The summed E-state index contributed by atoms with van der Waals surface area (Å²) in [5.41, 5.74) is 1.94. The molecule has 0 aliphatic carbocycles. The number of nitrogens with zero attached hydrogens (tertiary/aromatic N) is 3. The molecule has 1 amide bonds. The molecule has 19 heavy (non-hydrogen) atoms. The van der Waals surface area contributed by atoms with E-state index < -0.39 is 0 Å². The molecule has 2 aromatic rings. The Bertz CT molecular complexity index is 585. The average molecular weight is 276 g/mol. The lowest BCUT2D eigenvalue weighted by atomic mass is 10.2. The molecule has 5 nitrogen and oxygen atoms in total. The van der Waals surface area contributed by atoms with Crippen LogP contribution in [-0.2, 0) is 18.3 Å². The average Bonchev–Trinajstić information content (AvgIpc) is 2.96. The Balaban J connectivity index is 1.74. The molecule has 6 heteroatoms. The Kier molecular flexibility index (Phi) is 4.46. The molecule has 1 N–H and O–H groups in total. The van der Waals surface area contributed by atoms with Crippen LogP contribution in [0.5, 0.6) is 0 Å². The van der Waals surface area contributed by atoms with Gasteiger partial charge in [0.1, 0.15) is 0 Å². The Morgan fingerprint density at radius 1 is 1.58 bits per heavy atom. The van der Waals surface area contributed by atoms with Crippen molar-refractivity contribution < 1.29 is 4.79 Å². The third kappa shape index (κ3) is 4.33. The summed E-state index contributed by atoms with van der Waals surface area (Å²) in [7, 11) is 1.88. The van der Waals surface area contributed by atoms with E-state index in [1.807, 2.05) is 25.5 Å². The van der Waals surface area contributed by atoms with Crippen molar-refractivity contribution in [1.82, 2.24) is 20.1 Å². The number of nitrogens with one attached hydrogen (secondary N) is 1. The number of carbonyl (C=O) groups excluding carboxylic acids is 1. The van der Waals surface area contributed by atoms with Gasteiger partial charge in [-0.1, -0.05) is 0 Å². The molecular formula is C13H16N4OS. The van der Waals surface area contributed by atoms with E-state index in [0.29, 0.717) is 6.54 Å². The smallest absolute Gasteiger partial charge is 0.244 e. The van der Waals surface area contributed by atoms with Gasteiger partial charge in [-0.05, 0) is 25.0 Å². The molecule has 0 aliphatic heterocycles. The number of rotatable bonds is 5. The maximum absolute atomic E-state index is 11.6. The summed E-state index contributed by atoms with van der Waals surface area (Å²) in [6.45, 7) is 2.54. The Labute approximate surface area is 116 Å². The topological polar surface area (TPSA) is 59.8 Å². The van der Waals surface area contributed by atoms with Crippen LogP contribution in [0.3, 0.4) is 0 Å². The van der Waals surface area contributed by atoms with Crippen molar-refractivity contribution in [2.45, 2.75) is 13.3 Å². The molecule has 2 aromatic heterocycles. The fourth-order valence-corrected chi connectivity index (χ4v) is 2.19. The van der Waals surface area contributed by atoms with Crippen LogP contribution >= 0.6 is 11.3 Å². The first kappa shape index (κ1) is 13.5. The summed E-state index contributed by atoms with van der Waals surface area (Å²) in [5, 5.41) is 9.83. The normalized spacial score (nSPS) is 11.1. The predicted molar refractivity (Wildman–Crippen MR) is 75.8 cm³/mol. The largest absolute Gasteiger partial charge is 0.352 e. The predicted octanol–water partition coefficient (Wildman–Crippen LogP) is 1.56. The molecule has 0 saturated heterocycles. The summed E-state index contributed by atoms with van der Waals surface area (Å²) in [5.74, 6) is -0.102. The van der Waals surface area contributed by atoms with Crippen LogP contribution in [-0.4, -0.2) is 27.2 Å². The number of aryl methyl sites for hydroxylation is 2. The zero-order chi connectivity index (χ0) is 13.7. The first-order valence-corrected chi connectivity index (χ1v) is 6.87. The Morgan fingerprint density at radius 2 is 2.42 bits per heavy atom. The van der Waals surface area contributed by atoms with E-state index in [1.54, 1.807) is 28.3 Å². The van der Waals surface area contributed by atoms with Crippen LogP contribution in [0.25, 0.3) is 6.08 Å². The van der Waals surface area contributed by atoms with Gasteiger partial charge in [-0.2, -0.15) is 5.10 Å². The van der Waals surface area contributed by atoms with Gasteiger partial charge < -0.3 is 5.32 Å². The summed E-state index contributed by atoms with van der Waals surface area (Å²) >= 11 is 1.57. The maximum Gasteiger partial charge on any atom is 0.244 e. The highest BCUT2D eigenvalue weighted by atomic mass is 32.1. The number of hydrogen-bond acceptors (Lipinski definition) is 4. The summed E-state index contributed by atoms with van der Waals surface area (Å²) < 4.78 is 1.75. The van der Waals surface area contributed by atoms with Crippen LogP contribution in [0.15, 0.2) is 23.8 Å². The Morgan fingerprint density at radius 3 is 3.05 bits per heavy atom. The summed E-state index contributed by atoms with van der Waals surface area (Å²) in [6, 6.07) is 0. The first-order chi connectivity index (χ1) is 9.13. The zero-order valence-corrected chi connectivity index (χ0v) is 11.8. The van der Waals surface area contributed by atoms with Gasteiger partial charge in [-0.25, -0.2) is 4.98 Å². The Hall–Kier alpha value is -1.95. The van der Waals surface area contributed by atoms with Crippen molar-refractivity contribution in [3.8, 4) is 0 Å². The fraction of sp³-hybridized carbons (Fsp3) is 0.308. The highest BCUT2D eigenvalue weighted by Gasteiger charge is 1.99. The molecule has 0 saturated carbocycles. The summed E-state index contributed by atoms with van der Waals surface area (Å²) in [6.07, 6.45) is 7.77. The molecule has 0 atom stereocenters. The minimum Gasteiger partial charge on any atom is -0.352 e. The number of aromatic nitrogens is 3. The van der Waals surface area contributed by atoms with Crippen molar-refractivity contribution in [3.63, 3.8) is 0 Å². The third-order valence-corrected chi connectivity index (χ3v) is 3.31. The van der Waals surface area contributed by atoms with E-state index in [1.165, 1.54) is 6.08 Å². The van der Waals surface area contributed by atoms with Crippen molar-refractivity contribution in [2.24, 2.45) is 7.05 Å². The molecule has 0 unspecified atom stereocenters.